The summed E-state index contributed by atoms with van der Waals surface area (Å²) in [5, 5.41) is 31.9. The maximum Gasteiger partial charge on any atom is 0.305 e. The molecule has 4 aliphatic carbocycles. The highest BCUT2D eigenvalue weighted by molar-refractivity contribution is 9.09. The first-order valence-corrected chi connectivity index (χ1v) is 12.0. The molecule has 0 amide bonds. The van der Waals surface area contributed by atoms with E-state index >= 15 is 0 Å². The molecule has 28 heavy (non-hydrogen) atoms. The van der Waals surface area contributed by atoms with Gasteiger partial charge in [-0.3, -0.25) is 4.79 Å². The van der Waals surface area contributed by atoms with Gasteiger partial charge in [0.05, 0.1) is 23.6 Å². The molecule has 160 valence electrons. The van der Waals surface area contributed by atoms with Gasteiger partial charge in [-0.05, 0) is 74.0 Å². The average Bonchev–Trinajstić information content (AvgIpc) is 2.95. The minimum atomic E-state index is -0.460. The highest BCUT2D eigenvalue weighted by Crippen LogP contribution is 2.67. The summed E-state index contributed by atoms with van der Waals surface area (Å²) in [5.41, 5.74) is -0.316. The van der Waals surface area contributed by atoms with Gasteiger partial charge in [0.25, 0.3) is 0 Å². The zero-order valence-corrected chi connectivity index (χ0v) is 18.6. The Morgan fingerprint density at radius 3 is 2.57 bits per heavy atom. The number of hydrogen-bond acceptors (Lipinski definition) is 5. The molecule has 0 aromatic heterocycles. The lowest BCUT2D eigenvalue weighted by molar-refractivity contribution is -0.194. The van der Waals surface area contributed by atoms with Crippen molar-refractivity contribution in [1.82, 2.24) is 0 Å². The minimum Gasteiger partial charge on any atom is -0.460 e. The molecule has 4 rings (SSSR count). The number of halogens is 1. The molecular formula is C22H35BrO5. The number of rotatable bonds is 3. The quantitative estimate of drug-likeness (QED) is 0.446. The van der Waals surface area contributed by atoms with Crippen molar-refractivity contribution in [1.29, 1.82) is 0 Å². The third-order valence-corrected chi connectivity index (χ3v) is 9.98. The molecule has 4 saturated carbocycles. The molecule has 0 saturated heterocycles. The van der Waals surface area contributed by atoms with Crippen molar-refractivity contribution in [2.45, 2.75) is 88.4 Å². The molecule has 0 bridgehead atoms. The van der Waals surface area contributed by atoms with E-state index in [1.54, 1.807) is 6.92 Å². The lowest BCUT2D eigenvalue weighted by Crippen LogP contribution is -2.60. The predicted molar refractivity (Wildman–Crippen MR) is 109 cm³/mol. The Balaban J connectivity index is 1.66. The van der Waals surface area contributed by atoms with Gasteiger partial charge in [-0.15, -0.1) is 0 Å². The zero-order chi connectivity index (χ0) is 20.3. The lowest BCUT2D eigenvalue weighted by Gasteiger charge is -2.62. The van der Waals surface area contributed by atoms with Crippen LogP contribution in [0.2, 0.25) is 0 Å². The van der Waals surface area contributed by atoms with E-state index in [4.69, 9.17) is 4.74 Å². The first-order chi connectivity index (χ1) is 13.3. The van der Waals surface area contributed by atoms with Crippen LogP contribution in [0.1, 0.15) is 65.2 Å². The van der Waals surface area contributed by atoms with Crippen LogP contribution in [-0.4, -0.2) is 51.0 Å². The van der Waals surface area contributed by atoms with Crippen LogP contribution in [-0.2, 0) is 9.53 Å². The van der Waals surface area contributed by atoms with Crippen LogP contribution in [0.5, 0.6) is 0 Å². The smallest absolute Gasteiger partial charge is 0.305 e. The molecule has 0 aromatic carbocycles. The molecule has 4 aliphatic rings. The van der Waals surface area contributed by atoms with Gasteiger partial charge in [0.15, 0.2) is 0 Å². The van der Waals surface area contributed by atoms with Crippen molar-refractivity contribution in [2.75, 3.05) is 6.61 Å². The Bertz CT molecular complexity index is 614. The van der Waals surface area contributed by atoms with E-state index in [0.29, 0.717) is 18.3 Å². The number of ether oxygens (including phenoxy) is 1. The van der Waals surface area contributed by atoms with Crippen LogP contribution in [0.25, 0.3) is 0 Å². The van der Waals surface area contributed by atoms with Crippen LogP contribution in [0.3, 0.4) is 0 Å². The molecule has 3 N–H and O–H groups in total. The van der Waals surface area contributed by atoms with E-state index < -0.39 is 11.5 Å². The molecule has 4 unspecified atom stereocenters. The first kappa shape index (κ1) is 21.1. The summed E-state index contributed by atoms with van der Waals surface area (Å²) in [6, 6.07) is 0. The molecule has 5 nitrogen and oxygen atoms in total. The summed E-state index contributed by atoms with van der Waals surface area (Å²) in [6.07, 6.45) is 5.34. The van der Waals surface area contributed by atoms with Crippen molar-refractivity contribution in [2.24, 2.45) is 34.5 Å². The van der Waals surface area contributed by atoms with Crippen LogP contribution in [0.4, 0.5) is 0 Å². The Kier molecular flexibility index (Phi) is 5.65. The number of alkyl halides is 1. The normalized spacial score (nSPS) is 53.1. The number of hydrogen-bond donors (Lipinski definition) is 3. The molecular weight excluding hydrogens is 424 g/mol. The summed E-state index contributed by atoms with van der Waals surface area (Å²) in [4.78, 5) is 12.1. The summed E-state index contributed by atoms with van der Waals surface area (Å²) in [7, 11) is 0. The summed E-state index contributed by atoms with van der Waals surface area (Å²) >= 11 is 3.75. The molecule has 0 spiro atoms. The van der Waals surface area contributed by atoms with Crippen LogP contribution < -0.4 is 0 Å². The van der Waals surface area contributed by atoms with Crippen molar-refractivity contribution in [3.63, 3.8) is 0 Å². The monoisotopic (exact) mass is 458 g/mol. The number of aliphatic hydroxyl groups is 3. The van der Waals surface area contributed by atoms with Gasteiger partial charge < -0.3 is 20.1 Å². The number of fused-ring (bicyclic) bond motifs is 5. The topological polar surface area (TPSA) is 87.0 Å². The third kappa shape index (κ3) is 3.00. The molecule has 0 aromatic rings. The summed E-state index contributed by atoms with van der Waals surface area (Å²) in [6.45, 7) is 4.16. The van der Waals surface area contributed by atoms with Gasteiger partial charge in [-0.2, -0.15) is 0 Å². The van der Waals surface area contributed by atoms with E-state index in [1.807, 2.05) is 0 Å². The minimum absolute atomic E-state index is 0.00375. The zero-order valence-electron chi connectivity index (χ0n) is 17.0. The standard InChI is InChI=1S/C22H35BrO5/c1-3-18(27)28-20-16(23)10-15-19-14(5-7-22(15,20)11-24)21(2)6-4-13(25)8-12(21)9-17(19)26/h12-17,19-20,24-26H,3-11H2,1-2H3/t12?,13-,14?,15?,16+,17-,19?,20-,21-,22+/m0/s1. The molecule has 4 fully saturated rings. The Morgan fingerprint density at radius 2 is 1.89 bits per heavy atom. The second kappa shape index (κ2) is 7.51. The van der Waals surface area contributed by atoms with Gasteiger partial charge in [0.2, 0.25) is 0 Å². The maximum atomic E-state index is 12.1. The van der Waals surface area contributed by atoms with Crippen LogP contribution in [0.15, 0.2) is 0 Å². The Hall–Kier alpha value is -0.170. The summed E-state index contributed by atoms with van der Waals surface area (Å²) < 4.78 is 5.84. The molecule has 0 aliphatic heterocycles. The predicted octanol–water partition coefficient (Wildman–Crippen LogP) is 3.03. The largest absolute Gasteiger partial charge is 0.460 e. The molecule has 0 radical (unpaired) electrons. The van der Waals surface area contributed by atoms with Gasteiger partial charge in [0.1, 0.15) is 6.10 Å². The number of carbonyl (C=O) groups excluding carboxylic acids is 1. The highest BCUT2D eigenvalue weighted by Gasteiger charge is 2.66. The highest BCUT2D eigenvalue weighted by atomic mass is 79.9. The number of esters is 1. The first-order valence-electron chi connectivity index (χ1n) is 11.1. The molecule has 0 heterocycles. The van der Waals surface area contributed by atoms with E-state index in [0.717, 1.165) is 44.9 Å². The number of aliphatic hydroxyl groups excluding tert-OH is 3. The van der Waals surface area contributed by atoms with E-state index in [-0.39, 0.29) is 46.9 Å². The van der Waals surface area contributed by atoms with Gasteiger partial charge in [0, 0.05) is 11.8 Å². The maximum absolute atomic E-state index is 12.1. The average molecular weight is 459 g/mol. The second-order valence-electron chi connectivity index (χ2n) is 10.2. The lowest BCUT2D eigenvalue weighted by atomic mass is 9.44. The Labute approximate surface area is 176 Å². The van der Waals surface area contributed by atoms with Crippen molar-refractivity contribution < 1.29 is 24.9 Å². The van der Waals surface area contributed by atoms with Gasteiger partial charge in [-0.25, -0.2) is 0 Å². The van der Waals surface area contributed by atoms with Crippen molar-refractivity contribution in [3.05, 3.63) is 0 Å². The SMILES string of the molecule is CCC(=O)O[C@H]1[C@H](Br)CC2C3C(CC[C@@]21CO)[C@@]1(C)CC[C@H](O)CC1C[C@@H]3O. The van der Waals surface area contributed by atoms with Crippen molar-refractivity contribution in [3.8, 4) is 0 Å². The van der Waals surface area contributed by atoms with Crippen LogP contribution in [0, 0.1) is 34.5 Å². The van der Waals surface area contributed by atoms with Crippen LogP contribution >= 0.6 is 15.9 Å². The Morgan fingerprint density at radius 1 is 1.14 bits per heavy atom. The third-order valence-electron chi connectivity index (χ3n) is 9.13. The van der Waals surface area contributed by atoms with E-state index in [9.17, 15) is 20.1 Å². The fourth-order valence-electron chi connectivity index (χ4n) is 7.64. The van der Waals surface area contributed by atoms with Gasteiger partial charge >= 0.3 is 5.97 Å². The summed E-state index contributed by atoms with van der Waals surface area (Å²) in [5.74, 6) is 0.822. The van der Waals surface area contributed by atoms with E-state index in [1.165, 1.54) is 0 Å². The molecule has 6 heteroatoms. The fraction of sp³-hybridized carbons (Fsp3) is 0.955. The fourth-order valence-corrected chi connectivity index (χ4v) is 8.68. The molecule has 10 atom stereocenters. The van der Waals surface area contributed by atoms with E-state index in [2.05, 4.69) is 22.9 Å². The second-order valence-corrected chi connectivity index (χ2v) is 11.3. The van der Waals surface area contributed by atoms with Gasteiger partial charge in [-0.1, -0.05) is 29.8 Å². The van der Waals surface area contributed by atoms with Crippen molar-refractivity contribution >= 4 is 21.9 Å². The number of carbonyl (C=O) groups is 1.